The highest BCUT2D eigenvalue weighted by molar-refractivity contribution is 6.21. The second kappa shape index (κ2) is 3.18. The molecule has 0 aliphatic rings. The van der Waals surface area contributed by atoms with Crippen LogP contribution < -0.4 is 0 Å². The molecule has 76 valence electrons. The van der Waals surface area contributed by atoms with Gasteiger partial charge < -0.3 is 4.52 Å². The van der Waals surface area contributed by atoms with Gasteiger partial charge in [0, 0.05) is 6.92 Å². The van der Waals surface area contributed by atoms with Gasteiger partial charge in [-0.15, -0.1) is 0 Å². The van der Waals surface area contributed by atoms with Gasteiger partial charge in [0.15, 0.2) is 0 Å². The maximum atomic E-state index is 10.4. The highest BCUT2D eigenvalue weighted by Crippen LogP contribution is 2.27. The van der Waals surface area contributed by atoms with Crippen LogP contribution in [0.3, 0.4) is 0 Å². The molecule has 0 spiro atoms. The minimum Gasteiger partial charge on any atom is -0.339 e. The van der Waals surface area contributed by atoms with Crippen LogP contribution in [0.25, 0.3) is 0 Å². The molecule has 1 heterocycles. The van der Waals surface area contributed by atoms with E-state index in [0.717, 1.165) is 0 Å². The number of rotatable bonds is 3. The van der Waals surface area contributed by atoms with Gasteiger partial charge in [0.1, 0.15) is 9.85 Å². The van der Waals surface area contributed by atoms with E-state index in [1.807, 2.05) is 0 Å². The number of hydrogen-bond acceptors (Lipinski definition) is 7. The normalized spacial score (nSPS) is 11.3. The molecule has 0 aliphatic heterocycles. The molecule has 0 fully saturated rings. The van der Waals surface area contributed by atoms with Crippen molar-refractivity contribution >= 4 is 11.6 Å². The number of nitro groups is 2. The van der Waals surface area contributed by atoms with Crippen molar-refractivity contribution in [2.75, 3.05) is 0 Å². The molecule has 0 N–H and O–H groups in total. The Bertz CT molecular complexity index is 375. The summed E-state index contributed by atoms with van der Waals surface area (Å²) in [5, 5.41) is 20.7. The number of hydrogen-bond donors (Lipinski definition) is 0. The molecular weight excluding hydrogens is 220 g/mol. The van der Waals surface area contributed by atoms with Crippen molar-refractivity contribution in [1.82, 2.24) is 10.1 Å². The summed E-state index contributed by atoms with van der Waals surface area (Å²) in [5.41, 5.74) is 0. The predicted octanol–water partition coefficient (Wildman–Crippen LogP) is 0.281. The van der Waals surface area contributed by atoms with Crippen molar-refractivity contribution in [3.63, 3.8) is 0 Å². The van der Waals surface area contributed by atoms with E-state index >= 15 is 0 Å². The molecule has 0 amide bonds. The first-order chi connectivity index (χ1) is 6.39. The van der Waals surface area contributed by atoms with E-state index in [1.54, 1.807) is 0 Å². The van der Waals surface area contributed by atoms with E-state index < -0.39 is 20.8 Å². The van der Waals surface area contributed by atoms with Gasteiger partial charge >= 0.3 is 10.9 Å². The van der Waals surface area contributed by atoms with Crippen LogP contribution in [0.15, 0.2) is 4.52 Å². The Hall–Kier alpha value is -1.77. The third-order valence-corrected chi connectivity index (χ3v) is 1.74. The monoisotopic (exact) mass is 222 g/mol. The summed E-state index contributed by atoms with van der Waals surface area (Å²) in [7, 11) is 0. The fourth-order valence-electron chi connectivity index (χ4n) is 0.658. The average Bonchev–Trinajstić information content (AvgIpc) is 2.49. The fourth-order valence-corrected chi connectivity index (χ4v) is 0.735. The van der Waals surface area contributed by atoms with E-state index in [0.29, 0.717) is 0 Å². The highest BCUT2D eigenvalue weighted by Gasteiger charge is 2.61. The van der Waals surface area contributed by atoms with Gasteiger partial charge in [-0.1, -0.05) is 0 Å². The van der Waals surface area contributed by atoms with Gasteiger partial charge in [-0.25, -0.2) is 0 Å². The van der Waals surface area contributed by atoms with Crippen molar-refractivity contribution in [2.45, 2.75) is 12.0 Å². The Morgan fingerprint density at radius 2 is 1.93 bits per heavy atom. The zero-order chi connectivity index (χ0) is 10.9. The van der Waals surface area contributed by atoms with Crippen LogP contribution in [0.5, 0.6) is 0 Å². The summed E-state index contributed by atoms with van der Waals surface area (Å²) in [5.74, 6) is -0.847. The van der Waals surface area contributed by atoms with Crippen molar-refractivity contribution in [1.29, 1.82) is 0 Å². The van der Waals surface area contributed by atoms with E-state index in [9.17, 15) is 20.2 Å². The number of halogens is 1. The molecule has 1 rings (SSSR count). The van der Waals surface area contributed by atoms with Gasteiger partial charge in [0.05, 0.1) is 11.6 Å². The van der Waals surface area contributed by atoms with Crippen LogP contribution in [0.2, 0.25) is 0 Å². The number of aryl methyl sites for hydroxylation is 1. The lowest BCUT2D eigenvalue weighted by atomic mass is 10.5. The molecule has 0 aromatic carbocycles. The van der Waals surface area contributed by atoms with Crippen LogP contribution >= 0.6 is 11.6 Å². The summed E-state index contributed by atoms with van der Waals surface area (Å²) in [6.45, 7) is 1.33. The van der Waals surface area contributed by atoms with E-state index in [4.69, 9.17) is 11.6 Å². The van der Waals surface area contributed by atoms with Gasteiger partial charge in [0.25, 0.3) is 0 Å². The Balaban J connectivity index is 3.26. The van der Waals surface area contributed by atoms with Crippen LogP contribution in [0.4, 0.5) is 0 Å². The first kappa shape index (κ1) is 10.3. The van der Waals surface area contributed by atoms with E-state index in [-0.39, 0.29) is 5.89 Å². The quantitative estimate of drug-likeness (QED) is 0.236. The second-order valence-electron chi connectivity index (χ2n) is 2.24. The smallest absolute Gasteiger partial charge is 0.339 e. The molecule has 0 radical (unpaired) electrons. The predicted molar refractivity (Wildman–Crippen MR) is 40.6 cm³/mol. The fraction of sp³-hybridized carbons (Fsp3) is 0.500. The van der Waals surface area contributed by atoms with Gasteiger partial charge in [-0.05, 0) is 5.16 Å². The summed E-state index contributed by atoms with van der Waals surface area (Å²) in [6.07, 6.45) is 0. The van der Waals surface area contributed by atoms with E-state index in [2.05, 4.69) is 14.7 Å². The molecular formula is C4H3ClN4O5. The van der Waals surface area contributed by atoms with E-state index in [1.165, 1.54) is 6.92 Å². The molecule has 1 aromatic heterocycles. The Morgan fingerprint density at radius 1 is 1.43 bits per heavy atom. The molecule has 0 saturated carbocycles. The lowest BCUT2D eigenvalue weighted by Crippen LogP contribution is -2.38. The SMILES string of the molecule is Cc1nc(C(Cl)([N+](=O)[O-])[N+](=O)[O-])no1. The summed E-state index contributed by atoms with van der Waals surface area (Å²) < 4.78 is 4.36. The molecule has 0 aliphatic carbocycles. The van der Waals surface area contributed by atoms with Crippen LogP contribution in [-0.2, 0) is 5.12 Å². The number of aromatic nitrogens is 2. The molecule has 1 aromatic rings. The van der Waals surface area contributed by atoms with Crippen LogP contribution in [-0.4, -0.2) is 20.0 Å². The minimum atomic E-state index is -3.09. The summed E-state index contributed by atoms with van der Waals surface area (Å²) >= 11 is 5.16. The first-order valence-corrected chi connectivity index (χ1v) is 3.55. The van der Waals surface area contributed by atoms with Crippen LogP contribution in [0, 0.1) is 27.2 Å². The largest absolute Gasteiger partial charge is 0.601 e. The number of alkyl halides is 1. The average molecular weight is 223 g/mol. The highest BCUT2D eigenvalue weighted by atomic mass is 35.5. The zero-order valence-electron chi connectivity index (χ0n) is 6.71. The lowest BCUT2D eigenvalue weighted by molar-refractivity contribution is -0.780. The van der Waals surface area contributed by atoms with Gasteiger partial charge in [0.2, 0.25) is 5.89 Å². The minimum absolute atomic E-state index is 0.0475. The summed E-state index contributed by atoms with van der Waals surface area (Å²) in [4.78, 5) is 21.5. The zero-order valence-corrected chi connectivity index (χ0v) is 7.46. The van der Waals surface area contributed by atoms with Crippen molar-refractivity contribution in [2.24, 2.45) is 0 Å². The lowest BCUT2D eigenvalue weighted by Gasteiger charge is -2.03. The molecule has 0 unspecified atom stereocenters. The molecule has 9 nitrogen and oxygen atoms in total. The first-order valence-electron chi connectivity index (χ1n) is 3.17. The third-order valence-electron chi connectivity index (χ3n) is 1.30. The maximum Gasteiger partial charge on any atom is 0.601 e. The van der Waals surface area contributed by atoms with Crippen molar-refractivity contribution in [3.8, 4) is 0 Å². The Kier molecular flexibility index (Phi) is 2.34. The second-order valence-corrected chi connectivity index (χ2v) is 2.77. The Morgan fingerprint density at radius 3 is 2.21 bits per heavy atom. The topological polar surface area (TPSA) is 125 Å². The molecule has 0 bridgehead atoms. The summed E-state index contributed by atoms with van der Waals surface area (Å²) in [6, 6.07) is 0. The standard InChI is InChI=1S/C4H3ClN4O5/c1-2-6-3(7-14-2)4(5,8(10)11)9(12)13/h1H3. The number of nitrogens with zero attached hydrogens (tertiary/aromatic N) is 4. The van der Waals surface area contributed by atoms with Gasteiger partial charge in [-0.3, -0.25) is 20.2 Å². The third kappa shape index (κ3) is 1.37. The maximum absolute atomic E-state index is 10.4. The van der Waals surface area contributed by atoms with Gasteiger partial charge in [-0.2, -0.15) is 4.98 Å². The molecule has 14 heavy (non-hydrogen) atoms. The molecule has 0 saturated heterocycles. The molecule has 0 atom stereocenters. The van der Waals surface area contributed by atoms with Crippen molar-refractivity contribution in [3.05, 3.63) is 31.9 Å². The van der Waals surface area contributed by atoms with Crippen molar-refractivity contribution < 1.29 is 14.4 Å². The van der Waals surface area contributed by atoms with Crippen LogP contribution in [0.1, 0.15) is 11.7 Å². The molecule has 10 heteroatoms. The Labute approximate surface area is 81.0 Å².